The number of aliphatic hydroxyl groups excluding tert-OH is 1. The highest BCUT2D eigenvalue weighted by Crippen LogP contribution is 2.22. The number of aliphatic hydroxyl groups is 1. The van der Waals surface area contributed by atoms with E-state index in [0.717, 1.165) is 17.0 Å². The van der Waals surface area contributed by atoms with E-state index < -0.39 is 6.10 Å². The Morgan fingerprint density at radius 2 is 1.89 bits per heavy atom. The first-order valence-electron chi connectivity index (χ1n) is 6.05. The zero-order valence-corrected chi connectivity index (χ0v) is 10.6. The molecule has 0 spiro atoms. The van der Waals surface area contributed by atoms with E-state index in [1.165, 1.54) is 0 Å². The maximum atomic E-state index is 10.2. The molecule has 1 atom stereocenters. The predicted molar refractivity (Wildman–Crippen MR) is 70.6 cm³/mol. The van der Waals surface area contributed by atoms with Crippen LogP contribution in [0.2, 0.25) is 0 Å². The first kappa shape index (κ1) is 12.6. The molecule has 0 saturated heterocycles. The van der Waals surface area contributed by atoms with Gasteiger partial charge in [0.05, 0.1) is 12.3 Å². The van der Waals surface area contributed by atoms with Crippen LogP contribution in [0.5, 0.6) is 5.75 Å². The van der Waals surface area contributed by atoms with Crippen molar-refractivity contribution in [3.8, 4) is 5.75 Å². The largest absolute Gasteiger partial charge is 0.494 e. The standard InChI is InChI=1S/C15H17NO2/c1-3-18-13-9-7-12(8-10-13)15(17)14-6-4-5-11(2)16-14/h4-10,15,17H,3H2,1-2H3. The van der Waals surface area contributed by atoms with Crippen LogP contribution in [0.15, 0.2) is 42.5 Å². The van der Waals surface area contributed by atoms with Crippen molar-refractivity contribution >= 4 is 0 Å². The molecule has 1 aromatic carbocycles. The molecule has 0 fully saturated rings. The number of benzene rings is 1. The van der Waals surface area contributed by atoms with E-state index in [0.29, 0.717) is 12.3 Å². The highest BCUT2D eigenvalue weighted by Gasteiger charge is 2.11. The van der Waals surface area contributed by atoms with E-state index in [1.54, 1.807) is 0 Å². The molecular formula is C15H17NO2. The molecule has 1 N–H and O–H groups in total. The van der Waals surface area contributed by atoms with Crippen LogP contribution < -0.4 is 4.74 Å². The van der Waals surface area contributed by atoms with Gasteiger partial charge in [-0.15, -0.1) is 0 Å². The number of rotatable bonds is 4. The molecule has 0 amide bonds. The maximum Gasteiger partial charge on any atom is 0.121 e. The molecule has 94 valence electrons. The third-order valence-electron chi connectivity index (χ3n) is 2.70. The molecule has 0 bridgehead atoms. The van der Waals surface area contributed by atoms with Crippen molar-refractivity contribution in [3.63, 3.8) is 0 Å². The van der Waals surface area contributed by atoms with Crippen LogP contribution in [-0.4, -0.2) is 16.7 Å². The van der Waals surface area contributed by atoms with Gasteiger partial charge in [-0.2, -0.15) is 0 Å². The Morgan fingerprint density at radius 1 is 1.17 bits per heavy atom. The summed E-state index contributed by atoms with van der Waals surface area (Å²) in [7, 11) is 0. The lowest BCUT2D eigenvalue weighted by atomic mass is 10.1. The van der Waals surface area contributed by atoms with Gasteiger partial charge >= 0.3 is 0 Å². The summed E-state index contributed by atoms with van der Waals surface area (Å²) in [6.45, 7) is 4.50. The smallest absolute Gasteiger partial charge is 0.121 e. The number of aryl methyl sites for hydroxylation is 1. The molecule has 18 heavy (non-hydrogen) atoms. The number of nitrogens with zero attached hydrogens (tertiary/aromatic N) is 1. The average Bonchev–Trinajstić information content (AvgIpc) is 2.39. The van der Waals surface area contributed by atoms with Crippen LogP contribution in [-0.2, 0) is 0 Å². The molecule has 0 aliphatic rings. The topological polar surface area (TPSA) is 42.4 Å². The van der Waals surface area contributed by atoms with Crippen molar-refractivity contribution < 1.29 is 9.84 Å². The fourth-order valence-electron chi connectivity index (χ4n) is 1.80. The van der Waals surface area contributed by atoms with E-state index in [1.807, 2.05) is 56.3 Å². The monoisotopic (exact) mass is 243 g/mol. The Morgan fingerprint density at radius 3 is 2.50 bits per heavy atom. The van der Waals surface area contributed by atoms with Crippen molar-refractivity contribution in [1.82, 2.24) is 4.98 Å². The van der Waals surface area contributed by atoms with E-state index in [-0.39, 0.29) is 0 Å². The molecule has 1 aromatic heterocycles. The molecule has 2 aromatic rings. The summed E-state index contributed by atoms with van der Waals surface area (Å²) in [4.78, 5) is 4.33. The minimum atomic E-state index is -0.694. The van der Waals surface area contributed by atoms with Gasteiger partial charge in [-0.3, -0.25) is 4.98 Å². The van der Waals surface area contributed by atoms with Crippen LogP contribution in [0.3, 0.4) is 0 Å². The van der Waals surface area contributed by atoms with Crippen molar-refractivity contribution in [3.05, 3.63) is 59.4 Å². The Balaban J connectivity index is 2.20. The fourth-order valence-corrected chi connectivity index (χ4v) is 1.80. The molecule has 0 aliphatic heterocycles. The summed E-state index contributed by atoms with van der Waals surface area (Å²) < 4.78 is 5.37. The highest BCUT2D eigenvalue weighted by molar-refractivity contribution is 5.32. The summed E-state index contributed by atoms with van der Waals surface area (Å²) >= 11 is 0. The van der Waals surface area contributed by atoms with Crippen LogP contribution in [0.1, 0.15) is 30.0 Å². The van der Waals surface area contributed by atoms with E-state index in [2.05, 4.69) is 4.98 Å². The molecule has 0 aliphatic carbocycles. The number of hydrogen-bond donors (Lipinski definition) is 1. The minimum absolute atomic E-state index is 0.640. The van der Waals surface area contributed by atoms with Gasteiger partial charge in [-0.25, -0.2) is 0 Å². The van der Waals surface area contributed by atoms with Gasteiger partial charge in [-0.05, 0) is 43.7 Å². The summed E-state index contributed by atoms with van der Waals surface area (Å²) in [5.74, 6) is 0.811. The zero-order chi connectivity index (χ0) is 13.0. The maximum absolute atomic E-state index is 10.2. The van der Waals surface area contributed by atoms with Gasteiger partial charge in [0.2, 0.25) is 0 Å². The van der Waals surface area contributed by atoms with Crippen molar-refractivity contribution in [1.29, 1.82) is 0 Å². The van der Waals surface area contributed by atoms with Crippen LogP contribution in [0.25, 0.3) is 0 Å². The summed E-state index contributed by atoms with van der Waals surface area (Å²) in [5.41, 5.74) is 2.38. The summed E-state index contributed by atoms with van der Waals surface area (Å²) in [5, 5.41) is 10.2. The van der Waals surface area contributed by atoms with Gasteiger partial charge in [-0.1, -0.05) is 18.2 Å². The Hall–Kier alpha value is -1.87. The first-order valence-corrected chi connectivity index (χ1v) is 6.05. The van der Waals surface area contributed by atoms with Crippen molar-refractivity contribution in [2.75, 3.05) is 6.61 Å². The lowest BCUT2D eigenvalue weighted by Crippen LogP contribution is -2.03. The first-order chi connectivity index (χ1) is 8.70. The molecular weight excluding hydrogens is 226 g/mol. The van der Waals surface area contributed by atoms with Gasteiger partial charge in [0.25, 0.3) is 0 Å². The minimum Gasteiger partial charge on any atom is -0.494 e. The second-order valence-electron chi connectivity index (χ2n) is 4.11. The molecule has 2 rings (SSSR count). The number of aromatic nitrogens is 1. The van der Waals surface area contributed by atoms with E-state index >= 15 is 0 Å². The number of hydrogen-bond acceptors (Lipinski definition) is 3. The lowest BCUT2D eigenvalue weighted by Gasteiger charge is -2.12. The number of pyridine rings is 1. The third kappa shape index (κ3) is 2.87. The predicted octanol–water partition coefficient (Wildman–Crippen LogP) is 2.87. The average molecular weight is 243 g/mol. The molecule has 0 saturated carbocycles. The third-order valence-corrected chi connectivity index (χ3v) is 2.70. The van der Waals surface area contributed by atoms with Crippen LogP contribution in [0, 0.1) is 6.92 Å². The zero-order valence-electron chi connectivity index (χ0n) is 10.6. The quantitative estimate of drug-likeness (QED) is 0.897. The van der Waals surface area contributed by atoms with E-state index in [4.69, 9.17) is 4.74 Å². The SMILES string of the molecule is CCOc1ccc(C(O)c2cccc(C)n2)cc1. The molecule has 3 nitrogen and oxygen atoms in total. The van der Waals surface area contributed by atoms with Crippen molar-refractivity contribution in [2.24, 2.45) is 0 Å². The molecule has 3 heteroatoms. The second kappa shape index (κ2) is 5.65. The molecule has 0 radical (unpaired) electrons. The van der Waals surface area contributed by atoms with Gasteiger partial charge < -0.3 is 9.84 Å². The van der Waals surface area contributed by atoms with E-state index in [9.17, 15) is 5.11 Å². The second-order valence-corrected chi connectivity index (χ2v) is 4.11. The van der Waals surface area contributed by atoms with Crippen LogP contribution >= 0.6 is 0 Å². The van der Waals surface area contributed by atoms with Gasteiger partial charge in [0, 0.05) is 5.69 Å². The lowest BCUT2D eigenvalue weighted by molar-refractivity contribution is 0.215. The highest BCUT2D eigenvalue weighted by atomic mass is 16.5. The summed E-state index contributed by atoms with van der Waals surface area (Å²) in [6, 6.07) is 13.1. The van der Waals surface area contributed by atoms with Crippen LogP contribution in [0.4, 0.5) is 0 Å². The normalized spacial score (nSPS) is 12.2. The number of ether oxygens (including phenoxy) is 1. The Bertz CT molecular complexity index is 508. The summed E-state index contributed by atoms with van der Waals surface area (Å²) in [6.07, 6.45) is -0.694. The Kier molecular flexibility index (Phi) is 3.95. The van der Waals surface area contributed by atoms with Gasteiger partial charge in [0.15, 0.2) is 0 Å². The Labute approximate surface area is 107 Å². The fraction of sp³-hybridized carbons (Fsp3) is 0.267. The van der Waals surface area contributed by atoms with Crippen molar-refractivity contribution in [2.45, 2.75) is 20.0 Å². The molecule has 1 heterocycles. The van der Waals surface area contributed by atoms with Gasteiger partial charge in [0.1, 0.15) is 11.9 Å². The molecule has 1 unspecified atom stereocenters.